The molecule has 0 bridgehead atoms. The molecule has 0 saturated carbocycles. The number of likely N-dealkylation sites (N-methyl/N-ethyl adjacent to an activating group) is 1. The topological polar surface area (TPSA) is 61.8 Å². The van der Waals surface area contributed by atoms with E-state index in [4.69, 9.17) is 9.72 Å². The largest absolute Gasteiger partial charge is 0.350 e. The minimum Gasteiger partial charge on any atom is -0.350 e. The van der Waals surface area contributed by atoms with Crippen LogP contribution in [0.15, 0.2) is 127 Å². The van der Waals surface area contributed by atoms with E-state index in [0.29, 0.717) is 23.3 Å². The van der Waals surface area contributed by atoms with Gasteiger partial charge >= 0.3 is 0 Å². The first kappa shape index (κ1) is 40.8. The summed E-state index contributed by atoms with van der Waals surface area (Å²) in [6.45, 7) is 16.5. The predicted octanol–water partition coefficient (Wildman–Crippen LogP) is 11.0. The second-order valence-corrected chi connectivity index (χ2v) is 14.5. The average molecular weight is 736 g/mol. The van der Waals surface area contributed by atoms with Gasteiger partial charge in [0.05, 0.1) is 11.4 Å². The van der Waals surface area contributed by atoms with Crippen molar-refractivity contribution >= 4 is 30.1 Å². The molecule has 7 nitrogen and oxygen atoms in total. The maximum absolute atomic E-state index is 11.1. The van der Waals surface area contributed by atoms with E-state index in [2.05, 4.69) is 152 Å². The van der Waals surface area contributed by atoms with Crippen molar-refractivity contribution in [2.75, 3.05) is 16.8 Å². The van der Waals surface area contributed by atoms with Crippen molar-refractivity contribution in [1.29, 1.82) is 0 Å². The van der Waals surface area contributed by atoms with Gasteiger partial charge in [-0.15, -0.1) is 0 Å². The number of hydrogen-bond acceptors (Lipinski definition) is 7. The van der Waals surface area contributed by atoms with Crippen molar-refractivity contribution < 1.29 is 9.53 Å². The van der Waals surface area contributed by atoms with Crippen LogP contribution >= 0.6 is 0 Å². The van der Waals surface area contributed by atoms with Crippen LogP contribution in [0.3, 0.4) is 0 Å². The number of nitrogens with zero attached hydrogens (tertiary/aromatic N) is 5. The van der Waals surface area contributed by atoms with Crippen molar-refractivity contribution in [2.24, 2.45) is 0 Å². The molecule has 5 aromatic rings. The van der Waals surface area contributed by atoms with Crippen molar-refractivity contribution in [3.05, 3.63) is 167 Å². The summed E-state index contributed by atoms with van der Waals surface area (Å²) in [5, 5.41) is 0. The molecular formula is C48H57N5O2. The van der Waals surface area contributed by atoms with Crippen LogP contribution in [0.25, 0.3) is 12.2 Å². The number of benzene rings is 3. The highest BCUT2D eigenvalue weighted by Gasteiger charge is 2.39. The molecule has 55 heavy (non-hydrogen) atoms. The molecular weight excluding hydrogens is 679 g/mol. The molecule has 3 heterocycles. The first-order chi connectivity index (χ1) is 26.6. The number of allylic oxidation sites excluding steroid dienone is 2. The molecule has 1 unspecified atom stereocenters. The van der Waals surface area contributed by atoms with Gasteiger partial charge in [-0.1, -0.05) is 103 Å². The summed E-state index contributed by atoms with van der Waals surface area (Å²) in [6, 6.07) is 40.4. The number of carbonyl (C=O) groups is 1. The van der Waals surface area contributed by atoms with Gasteiger partial charge in [-0.2, -0.15) is 0 Å². The molecule has 1 aliphatic rings. The van der Waals surface area contributed by atoms with Gasteiger partial charge in [-0.25, -0.2) is 9.97 Å². The summed E-state index contributed by atoms with van der Waals surface area (Å²) in [4.78, 5) is 27.8. The molecule has 1 aliphatic heterocycles. The van der Waals surface area contributed by atoms with Gasteiger partial charge in [-0.3, -0.25) is 9.69 Å². The zero-order valence-electron chi connectivity index (χ0n) is 33.7. The lowest BCUT2D eigenvalue weighted by atomic mass is 10.0. The third-order valence-corrected chi connectivity index (χ3v) is 10.0. The Morgan fingerprint density at radius 3 is 1.64 bits per heavy atom. The Morgan fingerprint density at radius 2 is 1.15 bits per heavy atom. The van der Waals surface area contributed by atoms with Gasteiger partial charge in [0.2, 0.25) is 0 Å². The Morgan fingerprint density at radius 1 is 0.673 bits per heavy atom. The fraction of sp³-hybridized carbons (Fsp3) is 0.312. The van der Waals surface area contributed by atoms with Crippen molar-refractivity contribution in [3.63, 3.8) is 0 Å². The van der Waals surface area contributed by atoms with E-state index < -0.39 is 0 Å². The number of carbonyl (C=O) groups excluding carboxylic acids is 1. The maximum Gasteiger partial charge on any atom is 0.152 e. The summed E-state index contributed by atoms with van der Waals surface area (Å²) >= 11 is 0. The van der Waals surface area contributed by atoms with E-state index >= 15 is 0 Å². The zero-order valence-corrected chi connectivity index (χ0v) is 33.7. The highest BCUT2D eigenvalue weighted by atomic mass is 16.5. The quantitative estimate of drug-likeness (QED) is 0.112. The van der Waals surface area contributed by atoms with E-state index in [0.717, 1.165) is 42.3 Å². The molecule has 0 N–H and O–H groups in total. The fourth-order valence-corrected chi connectivity index (χ4v) is 6.85. The molecule has 0 amide bonds. The van der Waals surface area contributed by atoms with E-state index in [-0.39, 0.29) is 18.4 Å². The number of aromatic nitrogens is 2. The molecule has 0 radical (unpaired) electrons. The van der Waals surface area contributed by atoms with Gasteiger partial charge in [-0.05, 0) is 109 Å². The number of ether oxygens (including phenoxy) is 1. The highest BCUT2D eigenvalue weighted by molar-refractivity contribution is 5.81. The van der Waals surface area contributed by atoms with Crippen LogP contribution in [-0.2, 0) is 17.8 Å². The van der Waals surface area contributed by atoms with Crippen LogP contribution in [-0.4, -0.2) is 46.3 Å². The van der Waals surface area contributed by atoms with Crippen LogP contribution in [0, 0.1) is 0 Å². The fourth-order valence-electron chi connectivity index (χ4n) is 6.85. The van der Waals surface area contributed by atoms with E-state index in [9.17, 15) is 4.79 Å². The number of anilines is 2. The first-order valence-electron chi connectivity index (χ1n) is 19.4. The highest BCUT2D eigenvalue weighted by Crippen LogP contribution is 2.42. The molecule has 1 fully saturated rings. The lowest BCUT2D eigenvalue weighted by Gasteiger charge is -2.29. The second kappa shape index (κ2) is 19.8. The van der Waals surface area contributed by atoms with E-state index in [1.54, 1.807) is 0 Å². The van der Waals surface area contributed by atoms with E-state index in [1.807, 2.05) is 62.4 Å². The molecule has 2 aromatic heterocycles. The summed E-state index contributed by atoms with van der Waals surface area (Å²) < 4.78 is 6.63. The minimum absolute atomic E-state index is 0.0320. The standard InChI is InChI=1S/C29H35N3O.C19H22N2O/c1-6-13-26-25(29-31(5)22(4)28(33-29)24-16-11-8-12-17-24)18-19-27(30-26)32(21(2)3)20-23-14-9-7-10-15-23;1-4-8-18-17(14-22)11-12-19(20-18)21(15(2)3)13-16-9-6-5-7-10-16/h6-19,21-22,28-29H,20H2,1-5H3;4-12,14-15H,13H2,1-3H3/b13-6+;8-4+/t22-,28+,29?;/m0./s1. The Kier molecular flexibility index (Phi) is 14.7. The maximum atomic E-state index is 11.1. The zero-order chi connectivity index (χ0) is 39.3. The normalized spacial score (nSPS) is 17.2. The summed E-state index contributed by atoms with van der Waals surface area (Å²) in [6.07, 6.45) is 8.66. The lowest BCUT2D eigenvalue weighted by molar-refractivity contribution is 0.00525. The van der Waals surface area contributed by atoms with Crippen LogP contribution < -0.4 is 9.80 Å². The van der Waals surface area contributed by atoms with E-state index in [1.165, 1.54) is 16.7 Å². The first-order valence-corrected chi connectivity index (χ1v) is 19.4. The molecule has 7 heteroatoms. The smallest absolute Gasteiger partial charge is 0.152 e. The number of rotatable bonds is 13. The Hall–Kier alpha value is -5.37. The van der Waals surface area contributed by atoms with Gasteiger partial charge in [0.1, 0.15) is 24.0 Å². The lowest BCUT2D eigenvalue weighted by Crippen LogP contribution is -2.31. The number of aldehydes is 1. The average Bonchev–Trinajstić information content (AvgIpc) is 3.50. The van der Waals surface area contributed by atoms with Crippen LogP contribution in [0.5, 0.6) is 0 Å². The van der Waals surface area contributed by atoms with Gasteiger partial charge in [0.15, 0.2) is 6.29 Å². The van der Waals surface area contributed by atoms with Crippen molar-refractivity contribution in [2.45, 2.75) is 92.0 Å². The Labute approximate surface area is 329 Å². The second-order valence-electron chi connectivity index (χ2n) is 14.5. The third kappa shape index (κ3) is 10.4. The monoisotopic (exact) mass is 735 g/mol. The summed E-state index contributed by atoms with van der Waals surface area (Å²) in [5.41, 5.74) is 7.14. The third-order valence-electron chi connectivity index (χ3n) is 10.0. The van der Waals surface area contributed by atoms with Crippen LogP contribution in [0.2, 0.25) is 0 Å². The minimum atomic E-state index is -0.139. The van der Waals surface area contributed by atoms with Crippen molar-refractivity contribution in [1.82, 2.24) is 14.9 Å². The molecule has 3 atom stereocenters. The summed E-state index contributed by atoms with van der Waals surface area (Å²) in [7, 11) is 2.14. The van der Waals surface area contributed by atoms with Crippen LogP contribution in [0.4, 0.5) is 11.6 Å². The van der Waals surface area contributed by atoms with Gasteiger partial charge < -0.3 is 14.5 Å². The molecule has 1 saturated heterocycles. The summed E-state index contributed by atoms with van der Waals surface area (Å²) in [5.74, 6) is 1.87. The molecule has 0 aliphatic carbocycles. The molecule has 6 rings (SSSR count). The Balaban J connectivity index is 0.000000229. The molecule has 3 aromatic carbocycles. The molecule has 0 spiro atoms. The predicted molar refractivity (Wildman–Crippen MR) is 229 cm³/mol. The molecule has 286 valence electrons. The van der Waals surface area contributed by atoms with Gasteiger partial charge in [0.25, 0.3) is 0 Å². The van der Waals surface area contributed by atoms with Crippen LogP contribution in [0.1, 0.15) is 105 Å². The number of pyridine rings is 2. The van der Waals surface area contributed by atoms with Crippen molar-refractivity contribution in [3.8, 4) is 0 Å². The van der Waals surface area contributed by atoms with Gasteiger partial charge in [0, 0.05) is 42.3 Å². The number of hydrogen-bond donors (Lipinski definition) is 0. The Bertz CT molecular complexity index is 2000. The SMILES string of the molecule is C/C=C/c1nc(N(Cc2ccccc2)C(C)C)ccc1C1O[C@@H](c2ccccc2)[C@H](C)N1C.C/C=C/c1nc(N(Cc2ccccc2)C(C)C)ccc1C=O.